The number of sulfonamides is 1. The SMILES string of the molecule is CC(=O)N(C1CC1)C1CC(=O)N(c2ccc(S(N)(=O)=O)cc2)C1=O. The molecule has 1 unspecified atom stereocenters. The number of carbonyl (C=O) groups excluding carboxylic acids is 3. The van der Waals surface area contributed by atoms with E-state index in [1.165, 1.54) is 36.1 Å². The first-order valence-electron chi connectivity index (χ1n) is 7.48. The van der Waals surface area contributed by atoms with E-state index in [1.807, 2.05) is 0 Å². The van der Waals surface area contributed by atoms with E-state index in [0.717, 1.165) is 17.7 Å². The van der Waals surface area contributed by atoms with E-state index in [0.29, 0.717) is 0 Å². The molecule has 1 saturated heterocycles. The molecule has 2 N–H and O–H groups in total. The minimum Gasteiger partial charge on any atom is -0.327 e. The highest BCUT2D eigenvalue weighted by atomic mass is 32.2. The molecule has 1 aliphatic carbocycles. The topological polar surface area (TPSA) is 118 Å². The van der Waals surface area contributed by atoms with Gasteiger partial charge in [-0.15, -0.1) is 0 Å². The number of nitrogens with two attached hydrogens (primary N) is 1. The number of anilines is 1. The molecule has 1 aliphatic heterocycles. The maximum absolute atomic E-state index is 12.6. The van der Waals surface area contributed by atoms with Crippen LogP contribution in [0, 0.1) is 0 Å². The Morgan fingerprint density at radius 2 is 1.79 bits per heavy atom. The van der Waals surface area contributed by atoms with Crippen LogP contribution in [0.5, 0.6) is 0 Å². The summed E-state index contributed by atoms with van der Waals surface area (Å²) in [7, 11) is -3.85. The van der Waals surface area contributed by atoms with E-state index in [9.17, 15) is 22.8 Å². The summed E-state index contributed by atoms with van der Waals surface area (Å²) in [6.07, 6.45) is 1.60. The van der Waals surface area contributed by atoms with Crippen LogP contribution in [0.2, 0.25) is 0 Å². The molecule has 1 heterocycles. The lowest BCUT2D eigenvalue weighted by atomic mass is 10.2. The number of hydrogen-bond acceptors (Lipinski definition) is 5. The highest BCUT2D eigenvalue weighted by Gasteiger charge is 2.47. The maximum Gasteiger partial charge on any atom is 0.257 e. The van der Waals surface area contributed by atoms with Crippen molar-refractivity contribution in [2.24, 2.45) is 5.14 Å². The minimum atomic E-state index is -3.85. The summed E-state index contributed by atoms with van der Waals surface area (Å²) in [5.74, 6) is -1.11. The molecule has 3 amide bonds. The van der Waals surface area contributed by atoms with Gasteiger partial charge in [0.25, 0.3) is 5.91 Å². The van der Waals surface area contributed by atoms with Gasteiger partial charge in [-0.2, -0.15) is 0 Å². The normalized spacial score (nSPS) is 21.2. The Labute approximate surface area is 139 Å². The van der Waals surface area contributed by atoms with Crippen molar-refractivity contribution in [3.8, 4) is 0 Å². The molecular formula is C15H17N3O5S. The summed E-state index contributed by atoms with van der Waals surface area (Å²) < 4.78 is 22.6. The highest BCUT2D eigenvalue weighted by molar-refractivity contribution is 7.89. The first-order chi connectivity index (χ1) is 11.2. The summed E-state index contributed by atoms with van der Waals surface area (Å²) in [6, 6.07) is 4.42. The van der Waals surface area contributed by atoms with Crippen molar-refractivity contribution in [1.82, 2.24) is 4.90 Å². The third-order valence-electron chi connectivity index (χ3n) is 4.19. The standard InChI is InChI=1S/C15H17N3O5S/c1-9(19)17(10-2-3-10)13-8-14(20)18(15(13)21)11-4-6-12(7-5-11)24(16,22)23/h4-7,10,13H,2-3,8H2,1H3,(H2,16,22,23). The Kier molecular flexibility index (Phi) is 3.92. The third-order valence-corrected chi connectivity index (χ3v) is 5.12. The van der Waals surface area contributed by atoms with Gasteiger partial charge in [0.05, 0.1) is 17.0 Å². The molecule has 0 spiro atoms. The van der Waals surface area contributed by atoms with E-state index in [-0.39, 0.29) is 29.0 Å². The van der Waals surface area contributed by atoms with Gasteiger partial charge < -0.3 is 4.90 Å². The van der Waals surface area contributed by atoms with Crippen molar-refractivity contribution in [2.75, 3.05) is 4.90 Å². The van der Waals surface area contributed by atoms with Gasteiger partial charge in [-0.3, -0.25) is 14.4 Å². The zero-order valence-electron chi connectivity index (χ0n) is 13.0. The third kappa shape index (κ3) is 2.92. The van der Waals surface area contributed by atoms with Gasteiger partial charge >= 0.3 is 0 Å². The smallest absolute Gasteiger partial charge is 0.257 e. The minimum absolute atomic E-state index is 0.0222. The van der Waals surface area contributed by atoms with Gasteiger partial charge in [0.2, 0.25) is 21.8 Å². The van der Waals surface area contributed by atoms with Crippen molar-refractivity contribution in [3.63, 3.8) is 0 Å². The van der Waals surface area contributed by atoms with Crippen molar-refractivity contribution >= 4 is 33.4 Å². The van der Waals surface area contributed by atoms with Gasteiger partial charge in [0.15, 0.2) is 0 Å². The average Bonchev–Trinajstić information content (AvgIpc) is 3.26. The van der Waals surface area contributed by atoms with Crippen LogP contribution < -0.4 is 10.0 Å². The molecule has 8 nitrogen and oxygen atoms in total. The first-order valence-corrected chi connectivity index (χ1v) is 9.03. The van der Waals surface area contributed by atoms with Crippen LogP contribution in [-0.4, -0.2) is 43.1 Å². The van der Waals surface area contributed by atoms with Crippen LogP contribution >= 0.6 is 0 Å². The molecule has 9 heteroatoms. The quantitative estimate of drug-likeness (QED) is 0.765. The van der Waals surface area contributed by atoms with E-state index in [4.69, 9.17) is 5.14 Å². The molecule has 1 atom stereocenters. The number of hydrogen-bond donors (Lipinski definition) is 1. The van der Waals surface area contributed by atoms with Crippen LogP contribution in [0.3, 0.4) is 0 Å². The Morgan fingerprint density at radius 3 is 2.25 bits per heavy atom. The lowest BCUT2D eigenvalue weighted by Crippen LogP contribution is -2.45. The van der Waals surface area contributed by atoms with Crippen LogP contribution in [0.25, 0.3) is 0 Å². The van der Waals surface area contributed by atoms with E-state index < -0.39 is 27.9 Å². The Balaban J connectivity index is 1.88. The maximum atomic E-state index is 12.6. The number of carbonyl (C=O) groups is 3. The molecule has 0 bridgehead atoms. The molecule has 2 aliphatic rings. The fourth-order valence-electron chi connectivity index (χ4n) is 2.97. The summed E-state index contributed by atoms with van der Waals surface area (Å²) in [4.78, 5) is 39.1. The number of amides is 3. The highest BCUT2D eigenvalue weighted by Crippen LogP contribution is 2.34. The van der Waals surface area contributed by atoms with Crippen LogP contribution in [0.15, 0.2) is 29.2 Å². The Morgan fingerprint density at radius 1 is 1.21 bits per heavy atom. The number of primary sulfonamides is 1. The molecule has 0 aromatic heterocycles. The summed E-state index contributed by atoms with van der Waals surface area (Å²) >= 11 is 0. The van der Waals surface area contributed by atoms with E-state index in [1.54, 1.807) is 0 Å². The summed E-state index contributed by atoms with van der Waals surface area (Å²) in [6.45, 7) is 1.39. The van der Waals surface area contributed by atoms with Crippen LogP contribution in [0.4, 0.5) is 5.69 Å². The molecule has 0 radical (unpaired) electrons. The van der Waals surface area contributed by atoms with Crippen molar-refractivity contribution in [3.05, 3.63) is 24.3 Å². The number of nitrogens with zero attached hydrogens (tertiary/aromatic N) is 2. The molecule has 1 aromatic rings. The van der Waals surface area contributed by atoms with Crippen LogP contribution in [0.1, 0.15) is 26.2 Å². The van der Waals surface area contributed by atoms with Crippen molar-refractivity contribution < 1.29 is 22.8 Å². The van der Waals surface area contributed by atoms with Gasteiger partial charge in [0, 0.05) is 13.0 Å². The molecule has 3 rings (SSSR count). The van der Waals surface area contributed by atoms with E-state index >= 15 is 0 Å². The summed E-state index contributed by atoms with van der Waals surface area (Å²) in [5, 5.41) is 5.03. The molecule has 2 fully saturated rings. The average molecular weight is 351 g/mol. The van der Waals surface area contributed by atoms with Gasteiger partial charge in [-0.25, -0.2) is 18.5 Å². The van der Waals surface area contributed by atoms with Gasteiger partial charge in [-0.05, 0) is 37.1 Å². The largest absolute Gasteiger partial charge is 0.327 e. The molecule has 128 valence electrons. The van der Waals surface area contributed by atoms with Gasteiger partial charge in [-0.1, -0.05) is 0 Å². The first kappa shape index (κ1) is 16.6. The second kappa shape index (κ2) is 5.67. The summed E-state index contributed by atoms with van der Waals surface area (Å²) in [5.41, 5.74) is 0.263. The zero-order chi connectivity index (χ0) is 17.6. The monoisotopic (exact) mass is 351 g/mol. The fourth-order valence-corrected chi connectivity index (χ4v) is 3.49. The lowest BCUT2D eigenvalue weighted by Gasteiger charge is -2.26. The van der Waals surface area contributed by atoms with E-state index in [2.05, 4.69) is 0 Å². The number of imide groups is 1. The Hall–Kier alpha value is -2.26. The van der Waals surface area contributed by atoms with Gasteiger partial charge in [0.1, 0.15) is 6.04 Å². The Bertz CT molecular complexity index is 814. The fraction of sp³-hybridized carbons (Fsp3) is 0.400. The zero-order valence-corrected chi connectivity index (χ0v) is 13.8. The second-order valence-electron chi connectivity index (χ2n) is 5.98. The molecule has 1 aromatic carbocycles. The predicted octanol–water partition coefficient (Wildman–Crippen LogP) is -0.0232. The number of rotatable bonds is 4. The predicted molar refractivity (Wildman–Crippen MR) is 84.3 cm³/mol. The number of benzene rings is 1. The second-order valence-corrected chi connectivity index (χ2v) is 7.55. The molecular weight excluding hydrogens is 334 g/mol. The van der Waals surface area contributed by atoms with Crippen LogP contribution in [-0.2, 0) is 24.4 Å². The molecule has 24 heavy (non-hydrogen) atoms. The van der Waals surface area contributed by atoms with Crippen molar-refractivity contribution in [2.45, 2.75) is 43.2 Å². The van der Waals surface area contributed by atoms with Crippen molar-refractivity contribution in [1.29, 1.82) is 0 Å². The lowest BCUT2D eigenvalue weighted by molar-refractivity contribution is -0.137. The molecule has 1 saturated carbocycles.